The summed E-state index contributed by atoms with van der Waals surface area (Å²) in [6.45, 7) is 8.34. The minimum atomic E-state index is -3.71. The van der Waals surface area contributed by atoms with E-state index in [1.54, 1.807) is 16.7 Å². The van der Waals surface area contributed by atoms with E-state index in [2.05, 4.69) is 9.88 Å². The van der Waals surface area contributed by atoms with Crippen LogP contribution in [0.25, 0.3) is 5.69 Å². The Balaban J connectivity index is 1.83. The summed E-state index contributed by atoms with van der Waals surface area (Å²) in [6.07, 6.45) is 3.66. The van der Waals surface area contributed by atoms with Gasteiger partial charge in [-0.1, -0.05) is 12.1 Å². The number of sulfonamides is 1. The predicted octanol–water partition coefficient (Wildman–Crippen LogP) is 3.83. The fourth-order valence-electron chi connectivity index (χ4n) is 4.14. The lowest BCUT2D eigenvalue weighted by Crippen LogP contribution is -2.49. The van der Waals surface area contributed by atoms with Gasteiger partial charge in [-0.3, -0.25) is 4.31 Å². The Morgan fingerprint density at radius 1 is 1.07 bits per heavy atom. The van der Waals surface area contributed by atoms with Crippen LogP contribution in [0.5, 0.6) is 0 Å². The zero-order valence-corrected chi connectivity index (χ0v) is 18.2. The molecule has 2 aromatic carbocycles. The minimum Gasteiger partial charge on any atom is -0.371 e. The molecule has 2 heterocycles. The second-order valence-corrected chi connectivity index (χ2v) is 9.63. The number of likely N-dealkylation sites (N-methyl/N-ethyl adjacent to an activating group) is 1. The Hall–Kier alpha value is -2.80. The highest BCUT2D eigenvalue weighted by Gasteiger charge is 2.37. The first-order valence-corrected chi connectivity index (χ1v) is 11.1. The molecule has 3 aromatic rings. The van der Waals surface area contributed by atoms with E-state index in [0.29, 0.717) is 11.4 Å². The maximum absolute atomic E-state index is 13.8. The third kappa shape index (κ3) is 3.19. The molecule has 7 heteroatoms. The maximum Gasteiger partial charge on any atom is 0.264 e. The molecule has 152 valence electrons. The monoisotopic (exact) mass is 410 g/mol. The normalized spacial score (nSPS) is 16.8. The standard InChI is InChI=1S/C22H26N4O2S/c1-15-7-6-8-20-22(15)26(18(4)13-24(20)5)29(27,28)21-10-9-19(11-16(21)2)25-12-17(3)23-14-25/h6-12,14,18H,13H2,1-5H3/t18-/m1/s1. The zero-order valence-electron chi connectivity index (χ0n) is 17.4. The molecule has 0 fully saturated rings. The molecule has 0 bridgehead atoms. The third-order valence-corrected chi connectivity index (χ3v) is 7.57. The molecule has 4 rings (SSSR count). The fraction of sp³-hybridized carbons (Fsp3) is 0.318. The molecule has 0 saturated heterocycles. The number of aryl methyl sites for hydroxylation is 3. The average molecular weight is 411 g/mol. The van der Waals surface area contributed by atoms with Gasteiger partial charge < -0.3 is 9.47 Å². The van der Waals surface area contributed by atoms with Crippen molar-refractivity contribution in [1.82, 2.24) is 9.55 Å². The number of anilines is 2. The van der Waals surface area contributed by atoms with Crippen molar-refractivity contribution in [3.05, 3.63) is 65.7 Å². The molecule has 0 amide bonds. The topological polar surface area (TPSA) is 58.4 Å². The quantitative estimate of drug-likeness (QED) is 0.658. The van der Waals surface area contributed by atoms with E-state index < -0.39 is 10.0 Å². The summed E-state index contributed by atoms with van der Waals surface area (Å²) < 4.78 is 31.1. The summed E-state index contributed by atoms with van der Waals surface area (Å²) in [5.41, 5.74) is 5.18. The van der Waals surface area contributed by atoms with Crippen LogP contribution in [0.2, 0.25) is 0 Å². The van der Waals surface area contributed by atoms with Gasteiger partial charge in [0.1, 0.15) is 0 Å². The van der Waals surface area contributed by atoms with Crippen LogP contribution in [0, 0.1) is 20.8 Å². The molecule has 1 aromatic heterocycles. The summed E-state index contributed by atoms with van der Waals surface area (Å²) in [6, 6.07) is 11.2. The number of hydrogen-bond donors (Lipinski definition) is 0. The van der Waals surface area contributed by atoms with E-state index in [1.165, 1.54) is 0 Å². The maximum atomic E-state index is 13.8. The fourth-order valence-corrected chi connectivity index (χ4v) is 6.07. The van der Waals surface area contributed by atoms with Crippen molar-refractivity contribution >= 4 is 21.4 Å². The number of imidazole rings is 1. The van der Waals surface area contributed by atoms with Gasteiger partial charge in [0, 0.05) is 25.5 Å². The van der Waals surface area contributed by atoms with Gasteiger partial charge in [-0.2, -0.15) is 0 Å². The van der Waals surface area contributed by atoms with Gasteiger partial charge in [-0.25, -0.2) is 13.4 Å². The number of aromatic nitrogens is 2. The van der Waals surface area contributed by atoms with Gasteiger partial charge in [0.05, 0.1) is 34.3 Å². The second kappa shape index (κ2) is 6.91. The third-order valence-electron chi connectivity index (χ3n) is 5.49. The Bertz CT molecular complexity index is 1180. The first kappa shape index (κ1) is 19.5. The van der Waals surface area contributed by atoms with Crippen molar-refractivity contribution in [2.45, 2.75) is 38.6 Å². The lowest BCUT2D eigenvalue weighted by Gasteiger charge is -2.42. The van der Waals surface area contributed by atoms with E-state index in [4.69, 9.17) is 0 Å². The molecule has 1 aliphatic heterocycles. The smallest absolute Gasteiger partial charge is 0.264 e. The highest BCUT2D eigenvalue weighted by molar-refractivity contribution is 7.93. The summed E-state index contributed by atoms with van der Waals surface area (Å²) in [5.74, 6) is 0. The van der Waals surface area contributed by atoms with Gasteiger partial charge in [0.15, 0.2) is 0 Å². The molecule has 0 unspecified atom stereocenters. The minimum absolute atomic E-state index is 0.172. The number of para-hydroxylation sites is 1. The van der Waals surface area contributed by atoms with E-state index in [-0.39, 0.29) is 6.04 Å². The summed E-state index contributed by atoms with van der Waals surface area (Å²) >= 11 is 0. The van der Waals surface area contributed by atoms with Crippen LogP contribution in [0.15, 0.2) is 53.8 Å². The summed E-state index contributed by atoms with van der Waals surface area (Å²) in [7, 11) is -1.71. The highest BCUT2D eigenvalue weighted by atomic mass is 32.2. The molecule has 0 spiro atoms. The molecule has 0 saturated carbocycles. The summed E-state index contributed by atoms with van der Waals surface area (Å²) in [4.78, 5) is 6.71. The van der Waals surface area contributed by atoms with Crippen LogP contribution >= 0.6 is 0 Å². The van der Waals surface area contributed by atoms with Gasteiger partial charge in [-0.15, -0.1) is 0 Å². The van der Waals surface area contributed by atoms with Gasteiger partial charge in [-0.05, 0) is 63.1 Å². The van der Waals surface area contributed by atoms with Crippen LogP contribution in [-0.2, 0) is 10.0 Å². The van der Waals surface area contributed by atoms with Gasteiger partial charge in [0.2, 0.25) is 0 Å². The number of rotatable bonds is 3. The van der Waals surface area contributed by atoms with Crippen molar-refractivity contribution in [2.75, 3.05) is 22.8 Å². The van der Waals surface area contributed by atoms with Crippen molar-refractivity contribution in [1.29, 1.82) is 0 Å². The molecule has 1 atom stereocenters. The Kier molecular flexibility index (Phi) is 4.65. The molecule has 0 radical (unpaired) electrons. The van der Waals surface area contributed by atoms with Crippen LogP contribution in [0.4, 0.5) is 11.4 Å². The lowest BCUT2D eigenvalue weighted by atomic mass is 10.1. The number of nitrogens with zero attached hydrogens (tertiary/aromatic N) is 4. The lowest BCUT2D eigenvalue weighted by molar-refractivity contribution is 0.574. The second-order valence-electron chi connectivity index (χ2n) is 7.85. The molecule has 29 heavy (non-hydrogen) atoms. The van der Waals surface area contributed by atoms with Crippen LogP contribution in [0.3, 0.4) is 0 Å². The number of fused-ring (bicyclic) bond motifs is 1. The Morgan fingerprint density at radius 2 is 1.83 bits per heavy atom. The molecule has 0 aliphatic carbocycles. The zero-order chi connectivity index (χ0) is 20.9. The first-order valence-electron chi connectivity index (χ1n) is 9.67. The molecular formula is C22H26N4O2S. The van der Waals surface area contributed by atoms with Crippen LogP contribution in [0.1, 0.15) is 23.7 Å². The van der Waals surface area contributed by atoms with Crippen molar-refractivity contribution in [2.24, 2.45) is 0 Å². The average Bonchev–Trinajstić information content (AvgIpc) is 3.08. The first-order chi connectivity index (χ1) is 13.7. The van der Waals surface area contributed by atoms with Gasteiger partial charge >= 0.3 is 0 Å². The number of hydrogen-bond acceptors (Lipinski definition) is 4. The molecule has 1 aliphatic rings. The molecular weight excluding hydrogens is 384 g/mol. The largest absolute Gasteiger partial charge is 0.371 e. The Labute approximate surface area is 172 Å². The molecule has 0 N–H and O–H groups in total. The molecule has 6 nitrogen and oxygen atoms in total. The van der Waals surface area contributed by atoms with E-state index in [9.17, 15) is 8.42 Å². The predicted molar refractivity (Wildman–Crippen MR) is 117 cm³/mol. The van der Waals surface area contributed by atoms with Crippen molar-refractivity contribution in [3.63, 3.8) is 0 Å². The summed E-state index contributed by atoms with van der Waals surface area (Å²) in [5, 5.41) is 0. The van der Waals surface area contributed by atoms with E-state index in [0.717, 1.165) is 33.9 Å². The Morgan fingerprint density at radius 3 is 2.48 bits per heavy atom. The van der Waals surface area contributed by atoms with Crippen molar-refractivity contribution < 1.29 is 8.42 Å². The van der Waals surface area contributed by atoms with Crippen LogP contribution < -0.4 is 9.21 Å². The highest BCUT2D eigenvalue weighted by Crippen LogP contribution is 2.41. The van der Waals surface area contributed by atoms with E-state index in [1.807, 2.05) is 75.8 Å². The number of benzene rings is 2. The van der Waals surface area contributed by atoms with Gasteiger partial charge in [0.25, 0.3) is 10.0 Å². The van der Waals surface area contributed by atoms with Crippen molar-refractivity contribution in [3.8, 4) is 5.69 Å². The van der Waals surface area contributed by atoms with E-state index >= 15 is 0 Å². The SMILES string of the molecule is Cc1cn(-c2ccc(S(=O)(=O)N3c4c(C)cccc4N(C)C[C@H]3C)c(C)c2)cn1. The van der Waals surface area contributed by atoms with Crippen LogP contribution in [-0.4, -0.2) is 37.6 Å².